The number of allylic oxidation sites excluding steroid dienone is 1. The summed E-state index contributed by atoms with van der Waals surface area (Å²) in [5, 5.41) is 15.2. The minimum absolute atomic E-state index is 0.0765. The summed E-state index contributed by atoms with van der Waals surface area (Å²) in [5.74, 6) is 0.930. The van der Waals surface area contributed by atoms with Gasteiger partial charge in [0.1, 0.15) is 11.0 Å². The summed E-state index contributed by atoms with van der Waals surface area (Å²) < 4.78 is 3.29. The average Bonchev–Trinajstić information content (AvgIpc) is 3.59. The summed E-state index contributed by atoms with van der Waals surface area (Å²) in [7, 11) is 2.14. The number of anilines is 2. The number of aromatic nitrogens is 5. The fourth-order valence-electron chi connectivity index (χ4n) is 7.07. The van der Waals surface area contributed by atoms with Crippen molar-refractivity contribution in [1.82, 2.24) is 29.2 Å². The predicted molar refractivity (Wildman–Crippen MR) is 155 cm³/mol. The predicted octanol–water partition coefficient (Wildman–Crippen LogP) is 4.17. The zero-order valence-corrected chi connectivity index (χ0v) is 23.5. The Morgan fingerprint density at radius 1 is 1.12 bits per heavy atom. The van der Waals surface area contributed by atoms with Crippen molar-refractivity contribution in [3.63, 3.8) is 0 Å². The van der Waals surface area contributed by atoms with Gasteiger partial charge in [-0.2, -0.15) is 4.98 Å². The smallest absolute Gasteiger partial charge is 0.278 e. The molecule has 1 fully saturated rings. The first kappa shape index (κ1) is 25.2. The van der Waals surface area contributed by atoms with Crippen LogP contribution in [-0.2, 0) is 30.5 Å². The van der Waals surface area contributed by atoms with Crippen LogP contribution in [-0.4, -0.2) is 47.9 Å². The lowest BCUT2D eigenvalue weighted by atomic mass is 9.78. The first-order valence-corrected chi connectivity index (χ1v) is 13.9. The molecule has 3 aliphatic rings. The highest BCUT2D eigenvalue weighted by Crippen LogP contribution is 2.64. The Kier molecular flexibility index (Phi) is 5.25. The number of pyridine rings is 1. The van der Waals surface area contributed by atoms with E-state index in [1.807, 2.05) is 19.1 Å². The highest BCUT2D eigenvalue weighted by molar-refractivity contribution is 5.77. The van der Waals surface area contributed by atoms with Crippen molar-refractivity contribution in [2.75, 3.05) is 18.9 Å². The maximum atomic E-state index is 13.4. The molecule has 2 N–H and O–H groups in total. The lowest BCUT2D eigenvalue weighted by Gasteiger charge is -2.38. The zero-order chi connectivity index (χ0) is 28.0. The van der Waals surface area contributed by atoms with Gasteiger partial charge in [-0.15, -0.1) is 6.58 Å². The number of hydrogen-bond acceptors (Lipinski definition) is 7. The van der Waals surface area contributed by atoms with Crippen LogP contribution >= 0.6 is 0 Å². The second-order valence-electron chi connectivity index (χ2n) is 12.7. The molecule has 1 aromatic carbocycles. The summed E-state index contributed by atoms with van der Waals surface area (Å²) in [6.07, 6.45) is 6.08. The Morgan fingerprint density at radius 2 is 1.93 bits per heavy atom. The molecule has 206 valence electrons. The van der Waals surface area contributed by atoms with Crippen LogP contribution < -0.4 is 10.9 Å². The van der Waals surface area contributed by atoms with Crippen molar-refractivity contribution >= 4 is 22.7 Å². The first-order valence-electron chi connectivity index (χ1n) is 13.9. The topological polar surface area (TPSA) is 101 Å². The van der Waals surface area contributed by atoms with Crippen molar-refractivity contribution in [2.45, 2.75) is 64.1 Å². The highest BCUT2D eigenvalue weighted by Gasteiger charge is 2.62. The molecular formula is C31H35N7O2. The van der Waals surface area contributed by atoms with E-state index in [1.165, 1.54) is 11.1 Å². The van der Waals surface area contributed by atoms with Crippen LogP contribution in [0.25, 0.3) is 16.9 Å². The number of aliphatic hydroxyl groups is 1. The van der Waals surface area contributed by atoms with Gasteiger partial charge in [0.15, 0.2) is 11.5 Å². The number of rotatable bonds is 5. The third-order valence-electron chi connectivity index (χ3n) is 9.23. The van der Waals surface area contributed by atoms with E-state index < -0.39 is 5.60 Å². The number of benzene rings is 1. The second kappa shape index (κ2) is 8.34. The maximum absolute atomic E-state index is 13.4. The van der Waals surface area contributed by atoms with E-state index in [0.717, 1.165) is 43.6 Å². The van der Waals surface area contributed by atoms with Crippen LogP contribution in [0.5, 0.6) is 0 Å². The SMILES string of the molecule is C=CCn1c(=O)c2cnc(Nc3ccc4c(c3)CN(C)CC4(C)C)nc2n1-c1ccc2c(n1)C(C)(O)C1(CC1)C2. The molecule has 1 spiro atoms. The molecule has 1 saturated carbocycles. The lowest BCUT2D eigenvalue weighted by Crippen LogP contribution is -2.39. The van der Waals surface area contributed by atoms with Crippen molar-refractivity contribution in [2.24, 2.45) is 5.41 Å². The summed E-state index contributed by atoms with van der Waals surface area (Å²) in [6, 6.07) is 10.3. The molecule has 9 nitrogen and oxygen atoms in total. The molecule has 0 radical (unpaired) electrons. The maximum Gasteiger partial charge on any atom is 0.278 e. The fraction of sp³-hybridized carbons (Fsp3) is 0.419. The molecule has 4 heterocycles. The monoisotopic (exact) mass is 537 g/mol. The van der Waals surface area contributed by atoms with Gasteiger partial charge in [-0.05, 0) is 68.1 Å². The van der Waals surface area contributed by atoms with Gasteiger partial charge in [0.05, 0.1) is 12.2 Å². The van der Waals surface area contributed by atoms with Crippen molar-refractivity contribution in [3.8, 4) is 5.82 Å². The van der Waals surface area contributed by atoms with Crippen LogP contribution in [0.3, 0.4) is 0 Å². The summed E-state index contributed by atoms with van der Waals surface area (Å²) in [4.78, 5) is 30.0. The van der Waals surface area contributed by atoms with Crippen molar-refractivity contribution < 1.29 is 5.11 Å². The molecule has 3 aromatic heterocycles. The minimum Gasteiger partial charge on any atom is -0.383 e. The average molecular weight is 538 g/mol. The summed E-state index contributed by atoms with van der Waals surface area (Å²) in [5.41, 5.74) is 4.49. The summed E-state index contributed by atoms with van der Waals surface area (Å²) >= 11 is 0. The molecule has 2 aliphatic carbocycles. The van der Waals surface area contributed by atoms with Gasteiger partial charge in [-0.1, -0.05) is 32.1 Å². The number of fused-ring (bicyclic) bond motifs is 3. The molecule has 1 atom stereocenters. The highest BCUT2D eigenvalue weighted by atomic mass is 16.3. The lowest BCUT2D eigenvalue weighted by molar-refractivity contribution is -0.0102. The van der Waals surface area contributed by atoms with Gasteiger partial charge in [0.2, 0.25) is 5.95 Å². The number of hydrogen-bond donors (Lipinski definition) is 2. The van der Waals surface area contributed by atoms with Crippen LogP contribution in [0.1, 0.15) is 56.0 Å². The van der Waals surface area contributed by atoms with E-state index in [9.17, 15) is 9.90 Å². The molecule has 0 saturated heterocycles. The molecule has 7 rings (SSSR count). The minimum atomic E-state index is -0.998. The molecule has 0 bridgehead atoms. The third kappa shape index (κ3) is 3.60. The van der Waals surface area contributed by atoms with Crippen molar-refractivity contribution in [1.29, 1.82) is 0 Å². The molecular weight excluding hydrogens is 502 g/mol. The normalized spacial score (nSPS) is 22.3. The van der Waals surface area contributed by atoms with Gasteiger partial charge in [0.25, 0.3) is 5.56 Å². The summed E-state index contributed by atoms with van der Waals surface area (Å²) in [6.45, 7) is 12.4. The van der Waals surface area contributed by atoms with Crippen LogP contribution in [0.15, 0.2) is 54.0 Å². The Morgan fingerprint density at radius 3 is 2.67 bits per heavy atom. The van der Waals surface area contributed by atoms with Crippen molar-refractivity contribution in [3.05, 3.63) is 81.9 Å². The molecule has 1 unspecified atom stereocenters. The van der Waals surface area contributed by atoms with Crippen LogP contribution in [0, 0.1) is 5.41 Å². The fourth-order valence-corrected chi connectivity index (χ4v) is 7.07. The Bertz CT molecular complexity index is 1760. The Labute approximate surface area is 233 Å². The molecule has 4 aromatic rings. The largest absolute Gasteiger partial charge is 0.383 e. The third-order valence-corrected chi connectivity index (χ3v) is 9.23. The molecule has 40 heavy (non-hydrogen) atoms. The Hall–Kier alpha value is -3.82. The van der Waals surface area contributed by atoms with Gasteiger partial charge in [0, 0.05) is 35.8 Å². The van der Waals surface area contributed by atoms with E-state index in [4.69, 9.17) is 9.97 Å². The number of nitrogens with zero attached hydrogens (tertiary/aromatic N) is 6. The van der Waals surface area contributed by atoms with Gasteiger partial charge < -0.3 is 15.3 Å². The van der Waals surface area contributed by atoms with E-state index in [0.29, 0.717) is 28.5 Å². The molecule has 9 heteroatoms. The number of likely N-dealkylation sites (N-methyl/N-ethyl adjacent to an activating group) is 1. The standard InChI is InChI=1S/C31H35N7O2/c1-6-13-37-27(39)22-16-32-28(33-21-8-9-23-20(14-21)17-36(5)18-29(23,2)3)35-26(22)38(37)24-10-7-19-15-31(11-12-31)30(4,40)25(19)34-24/h6-10,14,16,40H,1,11-13,15,17-18H2,2-5H3,(H,32,33,35). The quantitative estimate of drug-likeness (QED) is 0.369. The van der Waals surface area contributed by atoms with Crippen LogP contribution in [0.4, 0.5) is 11.6 Å². The number of nitrogens with one attached hydrogen (secondary N) is 1. The van der Waals surface area contributed by atoms with Gasteiger partial charge in [-0.25, -0.2) is 19.3 Å². The van der Waals surface area contributed by atoms with Crippen LogP contribution in [0.2, 0.25) is 0 Å². The van der Waals surface area contributed by atoms with E-state index in [2.05, 4.69) is 60.9 Å². The Balaban J connectivity index is 1.32. The van der Waals surface area contributed by atoms with Gasteiger partial charge in [-0.3, -0.25) is 4.79 Å². The van der Waals surface area contributed by atoms with E-state index in [1.54, 1.807) is 21.6 Å². The second-order valence-corrected chi connectivity index (χ2v) is 12.7. The van der Waals surface area contributed by atoms with E-state index in [-0.39, 0.29) is 22.9 Å². The molecule has 0 amide bonds. The van der Waals surface area contributed by atoms with Gasteiger partial charge >= 0.3 is 0 Å². The zero-order valence-electron chi connectivity index (χ0n) is 23.5. The molecule has 1 aliphatic heterocycles. The first-order chi connectivity index (χ1) is 19.0. The van der Waals surface area contributed by atoms with E-state index >= 15 is 0 Å².